The first kappa shape index (κ1) is 13.2. The quantitative estimate of drug-likeness (QED) is 0.634. The van der Waals surface area contributed by atoms with Crippen LogP contribution in [0.1, 0.15) is 16.9 Å². The lowest BCUT2D eigenvalue weighted by Crippen LogP contribution is -2.25. The molecule has 2 aromatic rings. The molecule has 0 atom stereocenters. The SMILES string of the molecule is O=C(CC(=O)C(F)(F)F)c1ccc2ccccc2n1. The van der Waals surface area contributed by atoms with Crippen molar-refractivity contribution in [3.8, 4) is 0 Å². The standard InChI is InChI=1S/C13H8F3NO2/c14-13(15,16)12(19)7-11(18)10-6-5-8-3-1-2-4-9(8)17-10/h1-6H,7H2. The fraction of sp³-hybridized carbons (Fsp3) is 0.154. The Morgan fingerprint density at radius 1 is 1.05 bits per heavy atom. The summed E-state index contributed by atoms with van der Waals surface area (Å²) in [6.07, 6.45) is -6.21. The lowest BCUT2D eigenvalue weighted by molar-refractivity contribution is -0.170. The summed E-state index contributed by atoms with van der Waals surface area (Å²) in [5.41, 5.74) is 0.351. The molecule has 0 radical (unpaired) electrons. The van der Waals surface area contributed by atoms with Gasteiger partial charge in [-0.15, -0.1) is 0 Å². The molecule has 3 nitrogen and oxygen atoms in total. The van der Waals surface area contributed by atoms with Crippen molar-refractivity contribution in [1.82, 2.24) is 4.98 Å². The van der Waals surface area contributed by atoms with Gasteiger partial charge in [-0.3, -0.25) is 9.59 Å². The van der Waals surface area contributed by atoms with E-state index in [1.807, 2.05) is 0 Å². The van der Waals surface area contributed by atoms with Crippen LogP contribution in [-0.2, 0) is 4.79 Å². The highest BCUT2D eigenvalue weighted by atomic mass is 19.4. The Morgan fingerprint density at radius 3 is 2.42 bits per heavy atom. The number of para-hydroxylation sites is 1. The average Bonchev–Trinajstić information content (AvgIpc) is 2.37. The Labute approximate surface area is 106 Å². The van der Waals surface area contributed by atoms with Gasteiger partial charge in [-0.05, 0) is 12.1 Å². The molecule has 0 saturated carbocycles. The summed E-state index contributed by atoms with van der Waals surface area (Å²) in [7, 11) is 0. The van der Waals surface area contributed by atoms with E-state index >= 15 is 0 Å². The van der Waals surface area contributed by atoms with Crippen LogP contribution in [0.5, 0.6) is 0 Å². The van der Waals surface area contributed by atoms with Gasteiger partial charge in [0.25, 0.3) is 0 Å². The number of ketones is 2. The van der Waals surface area contributed by atoms with Gasteiger partial charge in [-0.1, -0.05) is 24.3 Å². The van der Waals surface area contributed by atoms with Crippen LogP contribution in [0.25, 0.3) is 10.9 Å². The van der Waals surface area contributed by atoms with E-state index in [9.17, 15) is 22.8 Å². The molecule has 19 heavy (non-hydrogen) atoms. The minimum atomic E-state index is -4.99. The predicted molar refractivity (Wildman–Crippen MR) is 61.8 cm³/mol. The summed E-state index contributed by atoms with van der Waals surface area (Å²) in [5.74, 6) is -3.00. The van der Waals surface area contributed by atoms with Crippen molar-refractivity contribution in [2.24, 2.45) is 0 Å². The number of halogens is 3. The van der Waals surface area contributed by atoms with Crippen LogP contribution in [0.4, 0.5) is 13.2 Å². The molecule has 98 valence electrons. The molecular formula is C13H8F3NO2. The second-order valence-electron chi connectivity index (χ2n) is 3.91. The maximum Gasteiger partial charge on any atom is 0.450 e. The Balaban J connectivity index is 2.25. The second-order valence-corrected chi connectivity index (χ2v) is 3.91. The van der Waals surface area contributed by atoms with E-state index in [0.717, 1.165) is 5.39 Å². The number of hydrogen-bond donors (Lipinski definition) is 0. The molecule has 0 bridgehead atoms. The van der Waals surface area contributed by atoms with Gasteiger partial charge in [0.15, 0.2) is 5.78 Å². The van der Waals surface area contributed by atoms with Crippen molar-refractivity contribution in [3.63, 3.8) is 0 Å². The van der Waals surface area contributed by atoms with Crippen LogP contribution >= 0.6 is 0 Å². The van der Waals surface area contributed by atoms with E-state index in [1.165, 1.54) is 6.07 Å². The zero-order valence-electron chi connectivity index (χ0n) is 9.57. The van der Waals surface area contributed by atoms with Crippen molar-refractivity contribution < 1.29 is 22.8 Å². The number of carbonyl (C=O) groups excluding carboxylic acids is 2. The smallest absolute Gasteiger partial charge is 0.292 e. The number of benzene rings is 1. The van der Waals surface area contributed by atoms with Crippen molar-refractivity contribution in [3.05, 3.63) is 42.1 Å². The van der Waals surface area contributed by atoms with Crippen LogP contribution < -0.4 is 0 Å². The number of fused-ring (bicyclic) bond motifs is 1. The number of carbonyl (C=O) groups is 2. The summed E-state index contributed by atoms with van der Waals surface area (Å²) in [5, 5.41) is 0.765. The van der Waals surface area contributed by atoms with Gasteiger partial charge in [-0.2, -0.15) is 13.2 Å². The molecule has 2 rings (SSSR count). The van der Waals surface area contributed by atoms with Gasteiger partial charge in [0, 0.05) is 5.39 Å². The number of Topliss-reactive ketones (excluding diaryl/α,β-unsaturated/α-hetero) is 2. The predicted octanol–water partition coefficient (Wildman–Crippen LogP) is 2.94. The first-order valence-corrected chi connectivity index (χ1v) is 5.37. The zero-order chi connectivity index (χ0) is 14.0. The molecule has 0 unspecified atom stereocenters. The van der Waals surface area contributed by atoms with E-state index < -0.39 is 24.2 Å². The topological polar surface area (TPSA) is 47.0 Å². The molecular weight excluding hydrogens is 259 g/mol. The molecule has 0 aliphatic rings. The molecule has 1 aromatic carbocycles. The number of hydrogen-bond acceptors (Lipinski definition) is 3. The lowest BCUT2D eigenvalue weighted by Gasteiger charge is -2.04. The Bertz CT molecular complexity index is 650. The van der Waals surface area contributed by atoms with Crippen LogP contribution in [-0.4, -0.2) is 22.7 Å². The Morgan fingerprint density at radius 2 is 1.74 bits per heavy atom. The van der Waals surface area contributed by atoms with Crippen LogP contribution in [0.3, 0.4) is 0 Å². The van der Waals surface area contributed by atoms with E-state index in [0.29, 0.717) is 5.52 Å². The second kappa shape index (κ2) is 4.79. The summed E-state index contributed by atoms with van der Waals surface area (Å²) < 4.78 is 36.2. The Hall–Kier alpha value is -2.24. The molecule has 1 aromatic heterocycles. The van der Waals surface area contributed by atoms with Gasteiger partial charge in [0.2, 0.25) is 5.78 Å². The summed E-state index contributed by atoms with van der Waals surface area (Å²) in [6, 6.07) is 9.76. The maximum absolute atomic E-state index is 12.1. The summed E-state index contributed by atoms with van der Waals surface area (Å²) in [4.78, 5) is 26.2. The number of nitrogens with zero attached hydrogens (tertiary/aromatic N) is 1. The maximum atomic E-state index is 12.1. The normalized spacial score (nSPS) is 11.5. The van der Waals surface area contributed by atoms with Crippen LogP contribution in [0, 0.1) is 0 Å². The van der Waals surface area contributed by atoms with E-state index in [-0.39, 0.29) is 5.69 Å². The summed E-state index contributed by atoms with van der Waals surface area (Å²) >= 11 is 0. The highest BCUT2D eigenvalue weighted by molar-refractivity contribution is 6.09. The first-order chi connectivity index (χ1) is 8.88. The molecule has 0 amide bonds. The van der Waals surface area contributed by atoms with Crippen molar-refractivity contribution in [2.75, 3.05) is 0 Å². The number of aromatic nitrogens is 1. The molecule has 1 heterocycles. The minimum Gasteiger partial charge on any atom is -0.292 e. The third kappa shape index (κ3) is 2.96. The minimum absolute atomic E-state index is 0.142. The van der Waals surface area contributed by atoms with Crippen LogP contribution in [0.15, 0.2) is 36.4 Å². The number of pyridine rings is 1. The number of rotatable bonds is 3. The fourth-order valence-electron chi connectivity index (χ4n) is 1.56. The lowest BCUT2D eigenvalue weighted by atomic mass is 10.1. The van der Waals surface area contributed by atoms with Gasteiger partial charge in [0.1, 0.15) is 5.69 Å². The van der Waals surface area contributed by atoms with Crippen molar-refractivity contribution >= 4 is 22.5 Å². The van der Waals surface area contributed by atoms with Gasteiger partial charge in [-0.25, -0.2) is 4.98 Å². The highest BCUT2D eigenvalue weighted by Gasteiger charge is 2.39. The van der Waals surface area contributed by atoms with Gasteiger partial charge >= 0.3 is 6.18 Å². The molecule has 0 saturated heterocycles. The van der Waals surface area contributed by atoms with E-state index in [2.05, 4.69) is 4.98 Å². The monoisotopic (exact) mass is 267 g/mol. The molecule has 6 heteroatoms. The third-order valence-corrected chi connectivity index (χ3v) is 2.52. The van der Waals surface area contributed by atoms with E-state index in [1.54, 1.807) is 30.3 Å². The largest absolute Gasteiger partial charge is 0.450 e. The first-order valence-electron chi connectivity index (χ1n) is 5.37. The Kier molecular flexibility index (Phi) is 3.33. The fourth-order valence-corrected chi connectivity index (χ4v) is 1.56. The summed E-state index contributed by atoms with van der Waals surface area (Å²) in [6.45, 7) is 0. The molecule has 0 aliphatic carbocycles. The molecule has 0 spiro atoms. The average molecular weight is 267 g/mol. The number of alkyl halides is 3. The van der Waals surface area contributed by atoms with Crippen molar-refractivity contribution in [2.45, 2.75) is 12.6 Å². The highest BCUT2D eigenvalue weighted by Crippen LogP contribution is 2.19. The van der Waals surface area contributed by atoms with Crippen LogP contribution in [0.2, 0.25) is 0 Å². The molecule has 0 fully saturated rings. The van der Waals surface area contributed by atoms with Crippen molar-refractivity contribution in [1.29, 1.82) is 0 Å². The van der Waals surface area contributed by atoms with E-state index in [4.69, 9.17) is 0 Å². The third-order valence-electron chi connectivity index (χ3n) is 2.52. The van der Waals surface area contributed by atoms with Gasteiger partial charge in [0.05, 0.1) is 11.9 Å². The molecule has 0 aliphatic heterocycles. The van der Waals surface area contributed by atoms with Gasteiger partial charge < -0.3 is 0 Å². The molecule has 0 N–H and O–H groups in total. The zero-order valence-corrected chi connectivity index (χ0v) is 9.57.